The van der Waals surface area contributed by atoms with Crippen molar-refractivity contribution in [3.8, 4) is 17.0 Å². The van der Waals surface area contributed by atoms with Gasteiger partial charge in [0.25, 0.3) is 0 Å². The van der Waals surface area contributed by atoms with Crippen LogP contribution in [0.4, 0.5) is 10.2 Å². The minimum Gasteiger partial charge on any atom is -0.493 e. The molecular formula is C26H27FN4O3. The average molecular weight is 463 g/mol. The normalized spacial score (nSPS) is 11.1. The fourth-order valence-electron chi connectivity index (χ4n) is 4.16. The second-order valence-corrected chi connectivity index (χ2v) is 8.15. The fourth-order valence-corrected chi connectivity index (χ4v) is 4.16. The molecule has 2 heterocycles. The summed E-state index contributed by atoms with van der Waals surface area (Å²) < 4.78 is 21.6. The van der Waals surface area contributed by atoms with Crippen molar-refractivity contribution in [1.29, 1.82) is 0 Å². The summed E-state index contributed by atoms with van der Waals surface area (Å²) in [6.07, 6.45) is 0. The van der Waals surface area contributed by atoms with Gasteiger partial charge in [0.15, 0.2) is 0 Å². The summed E-state index contributed by atoms with van der Waals surface area (Å²) in [5.41, 5.74) is 4.36. The Morgan fingerprint density at radius 3 is 2.65 bits per heavy atom. The first-order chi connectivity index (χ1) is 16.3. The predicted molar refractivity (Wildman–Crippen MR) is 130 cm³/mol. The predicted octanol–water partition coefficient (Wildman–Crippen LogP) is 5.37. The molecule has 2 aromatic carbocycles. The van der Waals surface area contributed by atoms with Crippen LogP contribution >= 0.6 is 0 Å². The van der Waals surface area contributed by atoms with Crippen LogP contribution in [0, 0.1) is 26.6 Å². The Morgan fingerprint density at radius 1 is 1.12 bits per heavy atom. The monoisotopic (exact) mass is 462 g/mol. The molecule has 0 spiro atoms. The van der Waals surface area contributed by atoms with Gasteiger partial charge in [-0.1, -0.05) is 6.07 Å². The number of benzene rings is 2. The summed E-state index contributed by atoms with van der Waals surface area (Å²) in [5, 5.41) is 13.8. The van der Waals surface area contributed by atoms with Gasteiger partial charge in [-0.15, -0.1) is 0 Å². The molecule has 34 heavy (non-hydrogen) atoms. The number of aromatic nitrogens is 3. The summed E-state index contributed by atoms with van der Waals surface area (Å²) >= 11 is 0. The van der Waals surface area contributed by atoms with Crippen molar-refractivity contribution in [1.82, 2.24) is 14.5 Å². The summed E-state index contributed by atoms with van der Waals surface area (Å²) in [6, 6.07) is 11.9. The number of carboxylic acids is 1. The van der Waals surface area contributed by atoms with Gasteiger partial charge in [0.2, 0.25) is 0 Å². The molecule has 0 radical (unpaired) electrons. The highest BCUT2D eigenvalue weighted by molar-refractivity contribution is 5.92. The maximum atomic E-state index is 14.0. The second-order valence-electron chi connectivity index (χ2n) is 8.15. The standard InChI is InChI=1S/C26H27FN4O3/c1-5-34-24-12-18(6-7-20(24)26(32)33)22-14-25(30-17(4)29-22)28-8-9-31-16(3)11-21-15(2)10-19(27)13-23(21)31/h6-7,10-14H,5,8-9H2,1-4H3,(H,32,33)(H,28,29,30). The maximum absolute atomic E-state index is 14.0. The van der Waals surface area contributed by atoms with E-state index in [2.05, 4.69) is 25.9 Å². The Labute approximate surface area is 197 Å². The number of nitrogens with one attached hydrogen (secondary N) is 1. The lowest BCUT2D eigenvalue weighted by atomic mass is 10.1. The highest BCUT2D eigenvalue weighted by Crippen LogP contribution is 2.28. The SMILES string of the molecule is CCOc1cc(-c2cc(NCCn3c(C)cc4c(C)cc(F)cc43)nc(C)n2)ccc1C(=O)O. The van der Waals surface area contributed by atoms with E-state index in [1.165, 1.54) is 6.07 Å². The first kappa shape index (κ1) is 23.2. The molecule has 0 amide bonds. The summed E-state index contributed by atoms with van der Waals surface area (Å²) in [7, 11) is 0. The van der Waals surface area contributed by atoms with Gasteiger partial charge in [-0.25, -0.2) is 19.2 Å². The molecule has 176 valence electrons. The average Bonchev–Trinajstić information content (AvgIpc) is 3.09. The van der Waals surface area contributed by atoms with E-state index in [-0.39, 0.29) is 11.4 Å². The van der Waals surface area contributed by atoms with Crippen LogP contribution in [0.5, 0.6) is 5.75 Å². The molecule has 2 aromatic heterocycles. The third kappa shape index (κ3) is 4.71. The van der Waals surface area contributed by atoms with E-state index in [0.717, 1.165) is 27.7 Å². The minimum atomic E-state index is -1.04. The van der Waals surface area contributed by atoms with Crippen molar-refractivity contribution in [2.75, 3.05) is 18.5 Å². The highest BCUT2D eigenvalue weighted by atomic mass is 19.1. The number of anilines is 1. The molecule has 0 unspecified atom stereocenters. The first-order valence-corrected chi connectivity index (χ1v) is 11.1. The molecule has 0 saturated heterocycles. The molecule has 4 aromatic rings. The van der Waals surface area contributed by atoms with Crippen molar-refractivity contribution in [3.05, 3.63) is 70.9 Å². The van der Waals surface area contributed by atoms with Crippen LogP contribution in [-0.4, -0.2) is 38.8 Å². The number of fused-ring (bicyclic) bond motifs is 1. The van der Waals surface area contributed by atoms with E-state index >= 15 is 0 Å². The summed E-state index contributed by atoms with van der Waals surface area (Å²) in [6.45, 7) is 9.12. The smallest absolute Gasteiger partial charge is 0.339 e. The van der Waals surface area contributed by atoms with Gasteiger partial charge in [-0.05, 0) is 63.6 Å². The number of carbonyl (C=O) groups is 1. The van der Waals surface area contributed by atoms with Crippen LogP contribution in [0.2, 0.25) is 0 Å². The third-order valence-corrected chi connectivity index (χ3v) is 5.69. The van der Waals surface area contributed by atoms with E-state index < -0.39 is 5.97 Å². The molecule has 0 aliphatic heterocycles. The largest absolute Gasteiger partial charge is 0.493 e. The topological polar surface area (TPSA) is 89.3 Å². The maximum Gasteiger partial charge on any atom is 0.339 e. The van der Waals surface area contributed by atoms with E-state index in [4.69, 9.17) is 4.74 Å². The summed E-state index contributed by atoms with van der Waals surface area (Å²) in [4.78, 5) is 20.5. The van der Waals surface area contributed by atoms with Gasteiger partial charge in [0.1, 0.15) is 28.8 Å². The molecule has 0 atom stereocenters. The van der Waals surface area contributed by atoms with Crippen LogP contribution < -0.4 is 10.1 Å². The lowest BCUT2D eigenvalue weighted by molar-refractivity contribution is 0.0692. The molecule has 2 N–H and O–H groups in total. The molecule has 8 heteroatoms. The van der Waals surface area contributed by atoms with E-state index in [9.17, 15) is 14.3 Å². The molecule has 0 saturated carbocycles. The lowest BCUT2D eigenvalue weighted by Gasteiger charge is -2.13. The summed E-state index contributed by atoms with van der Waals surface area (Å²) in [5.74, 6) is 0.253. The number of ether oxygens (including phenoxy) is 1. The number of halogens is 1. The van der Waals surface area contributed by atoms with E-state index in [0.29, 0.717) is 42.8 Å². The van der Waals surface area contributed by atoms with Gasteiger partial charge in [-0.3, -0.25) is 0 Å². The van der Waals surface area contributed by atoms with Gasteiger partial charge < -0.3 is 19.7 Å². The van der Waals surface area contributed by atoms with Crippen LogP contribution in [-0.2, 0) is 6.54 Å². The second kappa shape index (κ2) is 9.51. The zero-order valence-corrected chi connectivity index (χ0v) is 19.6. The Bertz CT molecular complexity index is 1380. The number of rotatable bonds is 8. The van der Waals surface area contributed by atoms with Crippen molar-refractivity contribution in [3.63, 3.8) is 0 Å². The molecule has 0 bridgehead atoms. The highest BCUT2D eigenvalue weighted by Gasteiger charge is 2.14. The third-order valence-electron chi connectivity index (χ3n) is 5.69. The van der Waals surface area contributed by atoms with Gasteiger partial charge >= 0.3 is 5.97 Å². The fraction of sp³-hybridized carbons (Fsp3) is 0.269. The molecule has 0 fully saturated rings. The molecule has 0 aliphatic carbocycles. The van der Waals surface area contributed by atoms with Crippen LogP contribution in [0.15, 0.2) is 42.5 Å². The van der Waals surface area contributed by atoms with Gasteiger partial charge in [-0.2, -0.15) is 0 Å². The number of aryl methyl sites for hydroxylation is 3. The van der Waals surface area contributed by atoms with Crippen molar-refractivity contribution in [2.24, 2.45) is 0 Å². The first-order valence-electron chi connectivity index (χ1n) is 11.1. The van der Waals surface area contributed by atoms with Crippen LogP contribution in [0.1, 0.15) is 34.4 Å². The van der Waals surface area contributed by atoms with Crippen molar-refractivity contribution < 1.29 is 19.0 Å². The van der Waals surface area contributed by atoms with Gasteiger partial charge in [0, 0.05) is 35.8 Å². The quantitative estimate of drug-likeness (QED) is 0.366. The molecule has 0 aliphatic rings. The number of hydrogen-bond acceptors (Lipinski definition) is 5. The van der Waals surface area contributed by atoms with E-state index in [1.54, 1.807) is 38.1 Å². The van der Waals surface area contributed by atoms with Crippen LogP contribution in [0.25, 0.3) is 22.2 Å². The Hall–Kier alpha value is -3.94. The Kier molecular flexibility index (Phi) is 6.49. The molecule has 4 rings (SSSR count). The van der Waals surface area contributed by atoms with Crippen LogP contribution in [0.3, 0.4) is 0 Å². The zero-order valence-electron chi connectivity index (χ0n) is 19.6. The van der Waals surface area contributed by atoms with E-state index in [1.807, 2.05) is 19.9 Å². The lowest BCUT2D eigenvalue weighted by Crippen LogP contribution is -2.13. The number of aromatic carboxylic acids is 1. The number of hydrogen-bond donors (Lipinski definition) is 2. The van der Waals surface area contributed by atoms with Crippen molar-refractivity contribution in [2.45, 2.75) is 34.2 Å². The molecular weight excluding hydrogens is 435 g/mol. The van der Waals surface area contributed by atoms with Crippen molar-refractivity contribution >= 4 is 22.7 Å². The van der Waals surface area contributed by atoms with Gasteiger partial charge in [0.05, 0.1) is 17.8 Å². The molecule has 7 nitrogen and oxygen atoms in total. The number of carboxylic acid groups (broad SMARTS) is 1. The Morgan fingerprint density at radius 2 is 1.91 bits per heavy atom. The Balaban J connectivity index is 1.56. The zero-order chi connectivity index (χ0) is 24.4. The minimum absolute atomic E-state index is 0.107. The number of nitrogens with zero attached hydrogens (tertiary/aromatic N) is 3.